The molecule has 180 valence electrons. The van der Waals surface area contributed by atoms with E-state index in [9.17, 15) is 14.4 Å². The number of ketones is 1. The van der Waals surface area contributed by atoms with Gasteiger partial charge in [0.15, 0.2) is 12.3 Å². The SMILES string of the molecule is CC(=O)CC[N+]1=C(C)C(C)(C)c2cc(C(=O)N3Cc4ccccc4C3=O)ccc21.[O-][Cl+3]([O-])([O-])[O-]. The van der Waals surface area contributed by atoms with E-state index in [4.69, 9.17) is 18.6 Å². The number of carbonyl (C=O) groups excluding carboxylic acids is 3. The second kappa shape index (κ2) is 9.36. The summed E-state index contributed by atoms with van der Waals surface area (Å²) in [5.74, 6) is -0.358. The van der Waals surface area contributed by atoms with Crippen LogP contribution in [0.15, 0.2) is 42.5 Å². The standard InChI is InChI=1S/C24H25N2O3.ClHO4/c1-15(27)11-12-25-16(2)24(3,4)20-13-17(9-10-21(20)25)22(28)26-14-18-7-5-6-8-19(18)23(26)29;2-1(3,4)5/h5-10,13H,11-12,14H2,1-4H3;(H,2,3,4,5)/q+1;/p-1. The van der Waals surface area contributed by atoms with E-state index in [-0.39, 0.29) is 23.0 Å². The van der Waals surface area contributed by atoms with E-state index in [1.165, 1.54) is 4.90 Å². The maximum absolute atomic E-state index is 13.2. The Kier molecular flexibility index (Phi) is 7.07. The molecule has 2 aromatic carbocycles. The normalized spacial score (nSPS) is 16.1. The molecule has 0 spiro atoms. The molecule has 2 heterocycles. The summed E-state index contributed by atoms with van der Waals surface area (Å²) in [5.41, 5.74) is 4.98. The summed E-state index contributed by atoms with van der Waals surface area (Å²) >= 11 is 0. The van der Waals surface area contributed by atoms with Gasteiger partial charge in [-0.25, -0.2) is 18.6 Å². The maximum atomic E-state index is 13.2. The number of fused-ring (bicyclic) bond motifs is 2. The smallest absolute Gasteiger partial charge is 0.261 e. The van der Waals surface area contributed by atoms with E-state index in [1.807, 2.05) is 30.3 Å². The van der Waals surface area contributed by atoms with Crippen LogP contribution >= 0.6 is 0 Å². The van der Waals surface area contributed by atoms with Gasteiger partial charge in [0.25, 0.3) is 11.8 Å². The van der Waals surface area contributed by atoms with Crippen molar-refractivity contribution in [3.63, 3.8) is 0 Å². The van der Waals surface area contributed by atoms with E-state index in [0.717, 1.165) is 22.5 Å². The van der Waals surface area contributed by atoms with Crippen molar-refractivity contribution in [3.8, 4) is 0 Å². The molecule has 0 radical (unpaired) electrons. The summed E-state index contributed by atoms with van der Waals surface area (Å²) in [6, 6.07) is 13.0. The minimum absolute atomic E-state index is 0.156. The number of hydrogen-bond donors (Lipinski definition) is 0. The molecule has 0 aromatic heterocycles. The van der Waals surface area contributed by atoms with Crippen molar-refractivity contribution < 1.29 is 47.8 Å². The van der Waals surface area contributed by atoms with Gasteiger partial charge in [-0.05, 0) is 44.5 Å². The fourth-order valence-corrected chi connectivity index (χ4v) is 4.25. The number of benzene rings is 2. The predicted octanol–water partition coefficient (Wildman–Crippen LogP) is -0.898. The van der Waals surface area contributed by atoms with Crippen molar-refractivity contribution in [1.29, 1.82) is 0 Å². The molecule has 4 rings (SSSR count). The third-order valence-electron chi connectivity index (χ3n) is 6.27. The van der Waals surface area contributed by atoms with Gasteiger partial charge in [0.05, 0.1) is 18.4 Å². The van der Waals surface area contributed by atoms with Crippen LogP contribution in [0.3, 0.4) is 0 Å². The second-order valence-electron chi connectivity index (χ2n) is 8.78. The number of hydrogen-bond acceptors (Lipinski definition) is 7. The van der Waals surface area contributed by atoms with E-state index in [1.54, 1.807) is 19.1 Å². The number of nitrogens with zero attached hydrogens (tertiary/aromatic N) is 2. The van der Waals surface area contributed by atoms with Gasteiger partial charge >= 0.3 is 0 Å². The molecule has 10 heteroatoms. The fourth-order valence-electron chi connectivity index (χ4n) is 4.25. The zero-order valence-electron chi connectivity index (χ0n) is 19.3. The van der Waals surface area contributed by atoms with Crippen molar-refractivity contribution in [2.75, 3.05) is 6.54 Å². The summed E-state index contributed by atoms with van der Waals surface area (Å²) in [7, 11) is -4.94. The van der Waals surface area contributed by atoms with Gasteiger partial charge in [-0.1, -0.05) is 18.2 Å². The van der Waals surface area contributed by atoms with Gasteiger partial charge in [-0.3, -0.25) is 19.3 Å². The highest BCUT2D eigenvalue weighted by atomic mass is 35.7. The molecule has 2 aliphatic rings. The van der Waals surface area contributed by atoms with Crippen LogP contribution in [0.2, 0.25) is 0 Å². The van der Waals surface area contributed by atoms with Crippen LogP contribution in [0, 0.1) is 10.2 Å². The van der Waals surface area contributed by atoms with Crippen LogP contribution in [-0.2, 0) is 16.8 Å². The minimum atomic E-state index is -4.94. The fraction of sp³-hybridized carbons (Fsp3) is 0.333. The molecule has 0 unspecified atom stereocenters. The van der Waals surface area contributed by atoms with Crippen LogP contribution in [0.5, 0.6) is 0 Å². The van der Waals surface area contributed by atoms with Gasteiger partial charge < -0.3 is 0 Å². The lowest BCUT2D eigenvalue weighted by molar-refractivity contribution is -2.00. The van der Waals surface area contributed by atoms with E-state index < -0.39 is 10.2 Å². The van der Waals surface area contributed by atoms with Crippen molar-refractivity contribution in [1.82, 2.24) is 4.90 Å². The van der Waals surface area contributed by atoms with Gasteiger partial charge in [0.2, 0.25) is 5.69 Å². The number of amides is 2. The zero-order chi connectivity index (χ0) is 25.4. The monoisotopic (exact) mass is 488 g/mol. The van der Waals surface area contributed by atoms with Gasteiger partial charge in [-0.2, -0.15) is 4.58 Å². The molecule has 0 atom stereocenters. The molecular weight excluding hydrogens is 464 g/mol. The third-order valence-corrected chi connectivity index (χ3v) is 6.27. The Morgan fingerprint density at radius 1 is 1.09 bits per heavy atom. The first-order chi connectivity index (χ1) is 15.7. The Hall–Kier alpha value is -2.95. The Morgan fingerprint density at radius 3 is 2.29 bits per heavy atom. The molecule has 34 heavy (non-hydrogen) atoms. The van der Waals surface area contributed by atoms with Crippen molar-refractivity contribution in [2.24, 2.45) is 0 Å². The largest absolute Gasteiger partial charge is 0.300 e. The Morgan fingerprint density at radius 2 is 1.71 bits per heavy atom. The Labute approximate surface area is 199 Å². The van der Waals surface area contributed by atoms with Crippen LogP contribution in [0.25, 0.3) is 0 Å². The van der Waals surface area contributed by atoms with Crippen molar-refractivity contribution in [2.45, 2.75) is 46.1 Å². The van der Waals surface area contributed by atoms with Gasteiger partial charge in [0, 0.05) is 29.7 Å². The highest BCUT2D eigenvalue weighted by Crippen LogP contribution is 2.40. The number of halogens is 1. The second-order valence-corrected chi connectivity index (χ2v) is 9.53. The molecule has 0 saturated carbocycles. The Bertz CT molecular complexity index is 1190. The van der Waals surface area contributed by atoms with Crippen LogP contribution in [0.4, 0.5) is 5.69 Å². The minimum Gasteiger partial charge on any atom is -0.300 e. The summed E-state index contributed by atoms with van der Waals surface area (Å²) < 4.78 is 36.1. The topological polar surface area (TPSA) is 150 Å². The summed E-state index contributed by atoms with van der Waals surface area (Å²) in [5, 5.41) is 0. The number of carbonyl (C=O) groups is 3. The Balaban J connectivity index is 0.000000588. The first-order valence-corrected chi connectivity index (χ1v) is 11.8. The van der Waals surface area contributed by atoms with Crippen LogP contribution < -0.4 is 18.6 Å². The molecule has 2 amide bonds. The molecule has 0 bridgehead atoms. The first kappa shape index (κ1) is 25.7. The predicted molar refractivity (Wildman–Crippen MR) is 111 cm³/mol. The van der Waals surface area contributed by atoms with E-state index >= 15 is 0 Å². The quantitative estimate of drug-likeness (QED) is 0.399. The van der Waals surface area contributed by atoms with E-state index in [2.05, 4.69) is 25.3 Å². The van der Waals surface area contributed by atoms with Gasteiger partial charge in [-0.15, -0.1) is 10.2 Å². The molecule has 0 N–H and O–H groups in total. The average molecular weight is 489 g/mol. The highest BCUT2D eigenvalue weighted by Gasteiger charge is 2.43. The molecule has 0 aliphatic carbocycles. The lowest BCUT2D eigenvalue weighted by atomic mass is 9.81. The molecule has 0 fully saturated rings. The zero-order valence-corrected chi connectivity index (χ0v) is 20.0. The average Bonchev–Trinajstić information content (AvgIpc) is 3.17. The molecule has 9 nitrogen and oxygen atoms in total. The van der Waals surface area contributed by atoms with Crippen molar-refractivity contribution in [3.05, 3.63) is 64.7 Å². The van der Waals surface area contributed by atoms with Gasteiger partial charge in [0.1, 0.15) is 5.78 Å². The highest BCUT2D eigenvalue weighted by molar-refractivity contribution is 6.13. The maximum Gasteiger partial charge on any atom is 0.261 e. The van der Waals surface area contributed by atoms with Crippen LogP contribution in [-0.4, -0.2) is 39.3 Å². The molecule has 2 aliphatic heterocycles. The molecular formula is C24H25ClN2O7. The molecule has 2 aromatic rings. The summed E-state index contributed by atoms with van der Waals surface area (Å²) in [4.78, 5) is 38.6. The van der Waals surface area contributed by atoms with Crippen LogP contribution in [0.1, 0.15) is 66.0 Å². The molecule has 0 saturated heterocycles. The summed E-state index contributed by atoms with van der Waals surface area (Å²) in [6.07, 6.45) is 0.480. The lowest BCUT2D eigenvalue weighted by Gasteiger charge is -2.17. The number of rotatable bonds is 4. The number of imide groups is 1. The third kappa shape index (κ3) is 5.24. The lowest BCUT2D eigenvalue weighted by Crippen LogP contribution is -2.68. The summed E-state index contributed by atoms with van der Waals surface area (Å²) in [6.45, 7) is 8.86. The van der Waals surface area contributed by atoms with E-state index in [0.29, 0.717) is 30.6 Å². The first-order valence-electron chi connectivity index (χ1n) is 10.5. The number of Topliss-reactive ketones (excluding diaryl/α,β-unsaturated/α-hetero) is 1. The van der Waals surface area contributed by atoms with Crippen molar-refractivity contribution >= 4 is 29.0 Å².